The summed E-state index contributed by atoms with van der Waals surface area (Å²) < 4.78 is 4.92. The van der Waals surface area contributed by atoms with E-state index in [2.05, 4.69) is 25.9 Å². The van der Waals surface area contributed by atoms with Crippen LogP contribution in [0.1, 0.15) is 18.2 Å². The fourth-order valence-corrected chi connectivity index (χ4v) is 1.88. The van der Waals surface area contributed by atoms with Crippen LogP contribution in [0.15, 0.2) is 23.3 Å². The Morgan fingerprint density at radius 3 is 3.00 bits per heavy atom. The van der Waals surface area contributed by atoms with Crippen molar-refractivity contribution >= 4 is 27.8 Å². The monoisotopic (exact) mass is 282 g/mol. The van der Waals surface area contributed by atoms with Gasteiger partial charge >= 0.3 is 0 Å². The molecule has 16 heavy (non-hydrogen) atoms. The molecule has 0 radical (unpaired) electrons. The van der Waals surface area contributed by atoms with Gasteiger partial charge in [-0.15, -0.1) is 0 Å². The largest absolute Gasteiger partial charge is 0.495 e. The van der Waals surface area contributed by atoms with Gasteiger partial charge in [-0.05, 0) is 19.1 Å². The number of H-pyrrole nitrogens is 1. The summed E-state index contributed by atoms with van der Waals surface area (Å²) in [6.07, 6.45) is 6.88. The highest BCUT2D eigenvalue weighted by Crippen LogP contribution is 2.30. The molecule has 0 saturated heterocycles. The smallest absolute Gasteiger partial charge is 0.258 e. The van der Waals surface area contributed by atoms with Gasteiger partial charge in [-0.3, -0.25) is 4.79 Å². The Morgan fingerprint density at radius 1 is 1.56 bits per heavy atom. The molecule has 1 aromatic rings. The van der Waals surface area contributed by atoms with E-state index >= 15 is 0 Å². The molecule has 0 aliphatic heterocycles. The Kier molecular flexibility index (Phi) is 2.71. The fraction of sp³-hybridized carbons (Fsp3) is 0.273. The summed E-state index contributed by atoms with van der Waals surface area (Å²) in [7, 11) is 1.56. The zero-order valence-corrected chi connectivity index (χ0v) is 10.5. The van der Waals surface area contributed by atoms with E-state index < -0.39 is 0 Å². The molecule has 1 aromatic heterocycles. The van der Waals surface area contributed by atoms with Crippen molar-refractivity contribution < 1.29 is 4.74 Å². The number of halogens is 1. The van der Waals surface area contributed by atoms with Gasteiger partial charge in [-0.25, -0.2) is 4.98 Å². The highest BCUT2D eigenvalue weighted by Gasteiger charge is 2.22. The average Bonchev–Trinajstić information content (AvgIpc) is 2.36. The van der Waals surface area contributed by atoms with E-state index in [0.717, 1.165) is 0 Å². The first-order valence-electron chi connectivity index (χ1n) is 4.76. The van der Waals surface area contributed by atoms with Crippen molar-refractivity contribution in [3.05, 3.63) is 40.1 Å². The number of allylic oxidation sites excluding steroid dienone is 2. The highest BCUT2D eigenvalue weighted by atomic mass is 79.9. The molecule has 4 nitrogen and oxygen atoms in total. The number of aromatic amines is 1. The lowest BCUT2D eigenvalue weighted by molar-refractivity contribution is 0.366. The average molecular weight is 283 g/mol. The van der Waals surface area contributed by atoms with Gasteiger partial charge in [0, 0.05) is 0 Å². The van der Waals surface area contributed by atoms with Crippen LogP contribution in [-0.4, -0.2) is 21.4 Å². The van der Waals surface area contributed by atoms with Gasteiger partial charge in [-0.1, -0.05) is 22.0 Å². The molecule has 84 valence electrons. The summed E-state index contributed by atoms with van der Waals surface area (Å²) in [6.45, 7) is 1.96. The van der Waals surface area contributed by atoms with Crippen molar-refractivity contribution in [1.29, 1.82) is 0 Å². The molecule has 1 N–H and O–H groups in total. The zero-order valence-electron chi connectivity index (χ0n) is 8.95. The molecular formula is C11H11BrN2O2. The van der Waals surface area contributed by atoms with E-state index in [1.54, 1.807) is 13.2 Å². The standard InChI is InChI=1S/C11H11BrN2O2/c1-11(12)4-3-7-9(8(5-11)16-2)13-6-14-10(7)15/h3-6H,1-2H3,(H,13,14,15). The Hall–Kier alpha value is -1.36. The van der Waals surface area contributed by atoms with Crippen molar-refractivity contribution in [3.63, 3.8) is 0 Å². The number of nitrogens with one attached hydrogen (secondary N) is 1. The summed E-state index contributed by atoms with van der Waals surface area (Å²) >= 11 is 3.52. The molecule has 1 heterocycles. The van der Waals surface area contributed by atoms with Gasteiger partial charge < -0.3 is 9.72 Å². The molecule has 1 unspecified atom stereocenters. The second-order valence-corrected chi connectivity index (χ2v) is 5.40. The van der Waals surface area contributed by atoms with Crippen LogP contribution >= 0.6 is 15.9 Å². The fourth-order valence-electron chi connectivity index (χ4n) is 1.54. The third-order valence-corrected chi connectivity index (χ3v) is 2.82. The quantitative estimate of drug-likeness (QED) is 0.801. The van der Waals surface area contributed by atoms with Crippen LogP contribution in [0.5, 0.6) is 0 Å². The molecule has 0 spiro atoms. The Morgan fingerprint density at radius 2 is 2.31 bits per heavy atom. The van der Waals surface area contributed by atoms with Gasteiger partial charge in [0.05, 0.1) is 23.3 Å². The summed E-state index contributed by atoms with van der Waals surface area (Å²) in [4.78, 5) is 18.3. The predicted octanol–water partition coefficient (Wildman–Crippen LogP) is 1.94. The lowest BCUT2D eigenvalue weighted by Crippen LogP contribution is -2.13. The first kappa shape index (κ1) is 11.1. The van der Waals surface area contributed by atoms with Crippen molar-refractivity contribution in [2.45, 2.75) is 11.2 Å². The molecule has 1 aliphatic carbocycles. The van der Waals surface area contributed by atoms with Crippen LogP contribution in [0, 0.1) is 0 Å². The lowest BCUT2D eigenvalue weighted by atomic mass is 10.1. The van der Waals surface area contributed by atoms with E-state index in [9.17, 15) is 4.79 Å². The third-order valence-electron chi connectivity index (χ3n) is 2.33. The van der Waals surface area contributed by atoms with Gasteiger partial charge in [0.1, 0.15) is 11.5 Å². The number of fused-ring (bicyclic) bond motifs is 1. The summed E-state index contributed by atoms with van der Waals surface area (Å²) in [5.74, 6) is 0.588. The lowest BCUT2D eigenvalue weighted by Gasteiger charge is -2.12. The minimum atomic E-state index is -0.342. The predicted molar refractivity (Wildman–Crippen MR) is 66.2 cm³/mol. The van der Waals surface area contributed by atoms with Gasteiger partial charge in [0.2, 0.25) is 0 Å². The van der Waals surface area contributed by atoms with E-state index in [-0.39, 0.29) is 9.88 Å². The Bertz CT molecular complexity index is 529. The molecule has 0 saturated carbocycles. The first-order valence-corrected chi connectivity index (χ1v) is 5.56. The maximum Gasteiger partial charge on any atom is 0.258 e. The number of methoxy groups -OCH3 is 1. The van der Waals surface area contributed by atoms with Crippen LogP contribution in [0.2, 0.25) is 0 Å². The molecule has 1 atom stereocenters. The molecule has 2 rings (SSSR count). The van der Waals surface area contributed by atoms with E-state index in [4.69, 9.17) is 4.74 Å². The number of alkyl halides is 1. The van der Waals surface area contributed by atoms with Crippen LogP contribution in [0.25, 0.3) is 11.8 Å². The van der Waals surface area contributed by atoms with E-state index in [1.807, 2.05) is 19.1 Å². The van der Waals surface area contributed by atoms with Crippen LogP contribution in [-0.2, 0) is 4.74 Å². The molecule has 0 amide bonds. The second kappa shape index (κ2) is 3.90. The van der Waals surface area contributed by atoms with Gasteiger partial charge in [0.25, 0.3) is 5.56 Å². The number of hydrogen-bond donors (Lipinski definition) is 1. The molecule has 0 aromatic carbocycles. The van der Waals surface area contributed by atoms with Crippen molar-refractivity contribution in [1.82, 2.24) is 9.97 Å². The zero-order chi connectivity index (χ0) is 11.8. The number of aromatic nitrogens is 2. The maximum atomic E-state index is 11.6. The van der Waals surface area contributed by atoms with Crippen LogP contribution < -0.4 is 5.56 Å². The number of ether oxygens (including phenoxy) is 1. The van der Waals surface area contributed by atoms with Crippen LogP contribution in [0.4, 0.5) is 0 Å². The van der Waals surface area contributed by atoms with Crippen LogP contribution in [0.3, 0.4) is 0 Å². The topological polar surface area (TPSA) is 55.0 Å². The van der Waals surface area contributed by atoms with Gasteiger partial charge in [0.15, 0.2) is 0 Å². The summed E-state index contributed by atoms with van der Waals surface area (Å²) in [5, 5.41) is 0. The van der Waals surface area contributed by atoms with Crippen molar-refractivity contribution in [3.8, 4) is 0 Å². The van der Waals surface area contributed by atoms with E-state index in [0.29, 0.717) is 17.0 Å². The molecule has 0 fully saturated rings. The van der Waals surface area contributed by atoms with E-state index in [1.165, 1.54) is 6.33 Å². The molecule has 1 aliphatic rings. The Labute approximate surface area is 101 Å². The summed E-state index contributed by atoms with van der Waals surface area (Å²) in [6, 6.07) is 0. The normalized spacial score (nSPS) is 23.3. The molecule has 0 bridgehead atoms. The van der Waals surface area contributed by atoms with Crippen molar-refractivity contribution in [2.75, 3.05) is 7.11 Å². The summed E-state index contributed by atoms with van der Waals surface area (Å²) in [5.41, 5.74) is 0.902. The first-order chi connectivity index (χ1) is 7.53. The second-order valence-electron chi connectivity index (χ2n) is 3.69. The Balaban J connectivity index is 2.72. The molecule has 5 heteroatoms. The molecular weight excluding hydrogens is 272 g/mol. The number of rotatable bonds is 1. The van der Waals surface area contributed by atoms with Crippen molar-refractivity contribution in [2.24, 2.45) is 0 Å². The number of nitrogens with zero attached hydrogens (tertiary/aromatic N) is 1. The number of hydrogen-bond acceptors (Lipinski definition) is 3. The third kappa shape index (κ3) is 1.95. The van der Waals surface area contributed by atoms with Gasteiger partial charge in [-0.2, -0.15) is 0 Å². The minimum absolute atomic E-state index is 0.172. The maximum absolute atomic E-state index is 11.6. The highest BCUT2D eigenvalue weighted by molar-refractivity contribution is 9.10. The SMILES string of the molecule is COC1=CC(C)(Br)C=Cc2c1nc[nH]c2=O. The minimum Gasteiger partial charge on any atom is -0.495 e.